The fourth-order valence-corrected chi connectivity index (χ4v) is 2.69. The second-order valence-corrected chi connectivity index (χ2v) is 6.02. The lowest BCUT2D eigenvalue weighted by Gasteiger charge is -2.18. The van der Waals surface area contributed by atoms with Crippen molar-refractivity contribution in [2.75, 3.05) is 20.3 Å². The summed E-state index contributed by atoms with van der Waals surface area (Å²) >= 11 is 1.76. The third-order valence-corrected chi connectivity index (χ3v) is 4.09. The summed E-state index contributed by atoms with van der Waals surface area (Å²) in [5.74, 6) is 0.0382. The fraction of sp³-hybridized carbons (Fsp3) is 0.643. The zero-order chi connectivity index (χ0) is 14.3. The van der Waals surface area contributed by atoms with E-state index in [4.69, 9.17) is 4.74 Å². The minimum Gasteiger partial charge on any atom is -0.385 e. The molecule has 0 aliphatic carbocycles. The standard InChI is InChI=1S/C14H24N2O2S/c1-10-6-7-13(19-10)11(2)16-12(3)14(17)15-8-5-9-18-4/h6-7,11-12,16H,5,8-9H2,1-4H3,(H,15,17). The minimum absolute atomic E-state index is 0.0382. The molecular weight excluding hydrogens is 260 g/mol. The van der Waals surface area contributed by atoms with Gasteiger partial charge in [0.05, 0.1) is 6.04 Å². The van der Waals surface area contributed by atoms with E-state index in [2.05, 4.69) is 36.6 Å². The normalized spacial score (nSPS) is 14.1. The van der Waals surface area contributed by atoms with E-state index in [-0.39, 0.29) is 18.0 Å². The highest BCUT2D eigenvalue weighted by Gasteiger charge is 2.16. The van der Waals surface area contributed by atoms with Gasteiger partial charge in [0, 0.05) is 36.1 Å². The van der Waals surface area contributed by atoms with Gasteiger partial charge in [-0.1, -0.05) is 0 Å². The van der Waals surface area contributed by atoms with Crippen LogP contribution in [0.3, 0.4) is 0 Å². The van der Waals surface area contributed by atoms with Gasteiger partial charge in [-0.25, -0.2) is 0 Å². The lowest BCUT2D eigenvalue weighted by Crippen LogP contribution is -2.43. The molecule has 0 aliphatic heterocycles. The molecule has 0 radical (unpaired) electrons. The second kappa shape index (κ2) is 8.30. The minimum atomic E-state index is -0.194. The van der Waals surface area contributed by atoms with Crippen molar-refractivity contribution in [1.29, 1.82) is 0 Å². The van der Waals surface area contributed by atoms with Crippen LogP contribution in [-0.4, -0.2) is 32.2 Å². The Morgan fingerprint density at radius 3 is 2.74 bits per heavy atom. The first-order valence-corrected chi connectivity index (χ1v) is 7.45. The first-order chi connectivity index (χ1) is 9.04. The Kier molecular flexibility index (Phi) is 7.05. The molecular formula is C14H24N2O2S. The van der Waals surface area contributed by atoms with E-state index in [1.165, 1.54) is 9.75 Å². The van der Waals surface area contributed by atoms with Gasteiger partial charge in [0.25, 0.3) is 0 Å². The number of ether oxygens (including phenoxy) is 1. The molecule has 0 spiro atoms. The molecule has 2 N–H and O–H groups in total. The Bertz CT molecular complexity index is 393. The molecule has 0 fully saturated rings. The van der Waals surface area contributed by atoms with E-state index in [0.29, 0.717) is 13.2 Å². The smallest absolute Gasteiger partial charge is 0.236 e. The third kappa shape index (κ3) is 5.72. The number of carbonyl (C=O) groups is 1. The number of thiophene rings is 1. The van der Waals surface area contributed by atoms with Crippen LogP contribution in [0.25, 0.3) is 0 Å². The lowest BCUT2D eigenvalue weighted by atomic mass is 10.2. The molecule has 2 unspecified atom stereocenters. The van der Waals surface area contributed by atoms with Gasteiger partial charge in [-0.05, 0) is 39.3 Å². The number of carbonyl (C=O) groups excluding carboxylic acids is 1. The molecule has 0 saturated heterocycles. The van der Waals surface area contributed by atoms with Crippen LogP contribution in [0.1, 0.15) is 36.1 Å². The van der Waals surface area contributed by atoms with Crippen LogP contribution in [0.4, 0.5) is 0 Å². The molecule has 0 saturated carbocycles. The number of hydrogen-bond acceptors (Lipinski definition) is 4. The lowest BCUT2D eigenvalue weighted by molar-refractivity contribution is -0.122. The van der Waals surface area contributed by atoms with E-state index in [1.807, 2.05) is 6.92 Å². The highest BCUT2D eigenvalue weighted by Crippen LogP contribution is 2.22. The van der Waals surface area contributed by atoms with Crippen LogP contribution >= 0.6 is 11.3 Å². The van der Waals surface area contributed by atoms with Gasteiger partial charge in [0.1, 0.15) is 0 Å². The number of methoxy groups -OCH3 is 1. The Balaban J connectivity index is 2.33. The van der Waals surface area contributed by atoms with Gasteiger partial charge in [-0.3, -0.25) is 10.1 Å². The van der Waals surface area contributed by atoms with E-state index in [0.717, 1.165) is 6.42 Å². The molecule has 0 aromatic carbocycles. The predicted molar refractivity (Wildman–Crippen MR) is 79.6 cm³/mol. The highest BCUT2D eigenvalue weighted by atomic mass is 32.1. The van der Waals surface area contributed by atoms with Gasteiger partial charge in [0.15, 0.2) is 0 Å². The van der Waals surface area contributed by atoms with Crippen molar-refractivity contribution in [3.63, 3.8) is 0 Å². The maximum atomic E-state index is 11.9. The molecule has 108 valence electrons. The van der Waals surface area contributed by atoms with Crippen molar-refractivity contribution in [3.05, 3.63) is 21.9 Å². The van der Waals surface area contributed by atoms with Crippen molar-refractivity contribution in [1.82, 2.24) is 10.6 Å². The zero-order valence-corrected chi connectivity index (χ0v) is 13.0. The first-order valence-electron chi connectivity index (χ1n) is 6.63. The van der Waals surface area contributed by atoms with Crippen molar-refractivity contribution < 1.29 is 9.53 Å². The second-order valence-electron chi connectivity index (χ2n) is 4.70. The van der Waals surface area contributed by atoms with Gasteiger partial charge >= 0.3 is 0 Å². The molecule has 0 bridgehead atoms. The molecule has 19 heavy (non-hydrogen) atoms. The fourth-order valence-electron chi connectivity index (χ4n) is 1.80. The average Bonchev–Trinajstić information content (AvgIpc) is 2.81. The summed E-state index contributed by atoms with van der Waals surface area (Å²) in [5.41, 5.74) is 0. The number of hydrogen-bond donors (Lipinski definition) is 2. The van der Waals surface area contributed by atoms with Crippen LogP contribution in [-0.2, 0) is 9.53 Å². The number of nitrogens with one attached hydrogen (secondary N) is 2. The monoisotopic (exact) mass is 284 g/mol. The molecule has 1 aromatic rings. The summed E-state index contributed by atoms with van der Waals surface area (Å²) in [6.07, 6.45) is 0.842. The largest absolute Gasteiger partial charge is 0.385 e. The zero-order valence-electron chi connectivity index (χ0n) is 12.2. The van der Waals surface area contributed by atoms with Crippen molar-refractivity contribution in [2.45, 2.75) is 39.3 Å². The van der Waals surface area contributed by atoms with Crippen molar-refractivity contribution >= 4 is 17.2 Å². The summed E-state index contributed by atoms with van der Waals surface area (Å²) in [4.78, 5) is 14.4. The van der Waals surface area contributed by atoms with Crippen molar-refractivity contribution in [2.24, 2.45) is 0 Å². The molecule has 1 amide bonds. The van der Waals surface area contributed by atoms with Crippen molar-refractivity contribution in [3.8, 4) is 0 Å². The SMILES string of the molecule is COCCCNC(=O)C(C)NC(C)c1ccc(C)s1. The van der Waals surface area contributed by atoms with Gasteiger partial charge in [-0.2, -0.15) is 0 Å². The Morgan fingerprint density at radius 2 is 2.16 bits per heavy atom. The summed E-state index contributed by atoms with van der Waals surface area (Å²) in [7, 11) is 1.66. The van der Waals surface area contributed by atoms with E-state index < -0.39 is 0 Å². The highest BCUT2D eigenvalue weighted by molar-refractivity contribution is 7.12. The number of amides is 1. The van der Waals surface area contributed by atoms with E-state index >= 15 is 0 Å². The number of aryl methyl sites for hydroxylation is 1. The Hall–Kier alpha value is -0.910. The molecule has 5 heteroatoms. The van der Waals surface area contributed by atoms with Gasteiger partial charge in [-0.15, -0.1) is 11.3 Å². The molecule has 0 aliphatic rings. The Morgan fingerprint density at radius 1 is 1.42 bits per heavy atom. The summed E-state index contributed by atoms with van der Waals surface area (Å²) in [6, 6.07) is 4.22. The third-order valence-electron chi connectivity index (χ3n) is 2.91. The van der Waals surface area contributed by atoms with Crippen LogP contribution in [0.2, 0.25) is 0 Å². The molecule has 2 atom stereocenters. The maximum absolute atomic E-state index is 11.9. The van der Waals surface area contributed by atoms with Crippen LogP contribution < -0.4 is 10.6 Å². The Labute approximate surface area is 119 Å². The van der Waals surface area contributed by atoms with Gasteiger partial charge in [0.2, 0.25) is 5.91 Å². The topological polar surface area (TPSA) is 50.4 Å². The quantitative estimate of drug-likeness (QED) is 0.720. The van der Waals surface area contributed by atoms with Crippen LogP contribution in [0, 0.1) is 6.92 Å². The van der Waals surface area contributed by atoms with E-state index in [9.17, 15) is 4.79 Å². The van der Waals surface area contributed by atoms with Gasteiger partial charge < -0.3 is 10.1 Å². The average molecular weight is 284 g/mol. The predicted octanol–water partition coefficient (Wildman–Crippen LogP) is 2.25. The van der Waals surface area contributed by atoms with E-state index in [1.54, 1.807) is 18.4 Å². The molecule has 1 heterocycles. The molecule has 1 aromatic heterocycles. The maximum Gasteiger partial charge on any atom is 0.236 e. The first kappa shape index (κ1) is 16.1. The summed E-state index contributed by atoms with van der Waals surface area (Å²) in [5, 5.41) is 6.22. The summed E-state index contributed by atoms with van der Waals surface area (Å²) < 4.78 is 4.94. The van der Waals surface area contributed by atoms with Crippen LogP contribution in [0.15, 0.2) is 12.1 Å². The summed E-state index contributed by atoms with van der Waals surface area (Å²) in [6.45, 7) is 7.40. The van der Waals surface area contributed by atoms with Crippen LogP contribution in [0.5, 0.6) is 0 Å². The molecule has 1 rings (SSSR count). The number of rotatable bonds is 8. The molecule has 4 nitrogen and oxygen atoms in total.